The smallest absolute Gasteiger partial charge is 0.271 e. The fourth-order valence-electron chi connectivity index (χ4n) is 1.49. The highest BCUT2D eigenvalue weighted by molar-refractivity contribution is 6.33. The zero-order valence-corrected chi connectivity index (χ0v) is 10.9. The van der Waals surface area contributed by atoms with Crippen LogP contribution in [0.3, 0.4) is 0 Å². The van der Waals surface area contributed by atoms with Gasteiger partial charge < -0.3 is 5.32 Å². The Kier molecular flexibility index (Phi) is 4.08. The standard InChI is InChI=1S/C12H6ClF2N3O3/c13-11-8(3-6(14)5-16-11)12(19)17-10-4-7(18(20)21)1-2-9(10)15/h1-5H,(H,17,19). The minimum atomic E-state index is -0.939. The van der Waals surface area contributed by atoms with Gasteiger partial charge in [0.05, 0.1) is 22.4 Å². The molecule has 1 aromatic carbocycles. The number of amides is 1. The molecule has 9 heteroatoms. The average molecular weight is 314 g/mol. The van der Waals surface area contributed by atoms with Crippen LogP contribution in [0.15, 0.2) is 30.5 Å². The van der Waals surface area contributed by atoms with Gasteiger partial charge in [-0.25, -0.2) is 13.8 Å². The average Bonchev–Trinajstić information content (AvgIpc) is 2.43. The van der Waals surface area contributed by atoms with Gasteiger partial charge in [-0.05, 0) is 12.1 Å². The van der Waals surface area contributed by atoms with E-state index in [-0.39, 0.29) is 10.7 Å². The van der Waals surface area contributed by atoms with E-state index in [1.807, 2.05) is 0 Å². The highest BCUT2D eigenvalue weighted by Gasteiger charge is 2.17. The van der Waals surface area contributed by atoms with Crippen molar-refractivity contribution in [3.63, 3.8) is 0 Å². The number of nitro groups is 1. The van der Waals surface area contributed by atoms with E-state index in [9.17, 15) is 23.7 Å². The van der Waals surface area contributed by atoms with Gasteiger partial charge in [0.25, 0.3) is 11.6 Å². The van der Waals surface area contributed by atoms with Gasteiger partial charge in [-0.3, -0.25) is 14.9 Å². The summed E-state index contributed by atoms with van der Waals surface area (Å²) in [5.74, 6) is -2.62. The van der Waals surface area contributed by atoms with Crippen LogP contribution in [0.4, 0.5) is 20.2 Å². The molecule has 1 aromatic heterocycles. The van der Waals surface area contributed by atoms with Crippen molar-refractivity contribution in [2.75, 3.05) is 5.32 Å². The molecule has 0 atom stereocenters. The second kappa shape index (κ2) is 5.80. The Hall–Kier alpha value is -2.61. The summed E-state index contributed by atoms with van der Waals surface area (Å²) in [6, 6.07) is 3.44. The van der Waals surface area contributed by atoms with Crippen LogP contribution in [0.1, 0.15) is 10.4 Å². The first-order valence-corrected chi connectivity index (χ1v) is 5.82. The third-order valence-corrected chi connectivity index (χ3v) is 2.76. The van der Waals surface area contributed by atoms with Crippen LogP contribution in [0, 0.1) is 21.7 Å². The highest BCUT2D eigenvalue weighted by Crippen LogP contribution is 2.23. The van der Waals surface area contributed by atoms with E-state index >= 15 is 0 Å². The Balaban J connectivity index is 2.33. The predicted molar refractivity (Wildman–Crippen MR) is 70.2 cm³/mol. The number of aromatic nitrogens is 1. The third kappa shape index (κ3) is 3.29. The second-order valence-corrected chi connectivity index (χ2v) is 4.23. The number of carbonyl (C=O) groups excluding carboxylic acids is 1. The summed E-state index contributed by atoms with van der Waals surface area (Å²) in [6.07, 6.45) is 0.813. The summed E-state index contributed by atoms with van der Waals surface area (Å²) in [4.78, 5) is 25.2. The fraction of sp³-hybridized carbons (Fsp3) is 0. The number of hydrogen-bond acceptors (Lipinski definition) is 4. The molecule has 0 aliphatic rings. The molecule has 0 radical (unpaired) electrons. The van der Waals surface area contributed by atoms with Crippen LogP contribution < -0.4 is 5.32 Å². The largest absolute Gasteiger partial charge is 0.319 e. The molecule has 0 fully saturated rings. The van der Waals surface area contributed by atoms with Gasteiger partial charge >= 0.3 is 0 Å². The number of rotatable bonds is 3. The lowest BCUT2D eigenvalue weighted by Gasteiger charge is -2.07. The van der Waals surface area contributed by atoms with Crippen molar-refractivity contribution >= 4 is 28.9 Å². The van der Waals surface area contributed by atoms with Crippen molar-refractivity contribution in [3.8, 4) is 0 Å². The van der Waals surface area contributed by atoms with E-state index in [1.54, 1.807) is 0 Å². The van der Waals surface area contributed by atoms with Crippen LogP contribution in [-0.2, 0) is 0 Å². The number of benzene rings is 1. The van der Waals surface area contributed by atoms with Gasteiger partial charge in [-0.2, -0.15) is 0 Å². The molecule has 0 bridgehead atoms. The molecule has 1 heterocycles. The van der Waals surface area contributed by atoms with Crippen molar-refractivity contribution in [1.82, 2.24) is 4.98 Å². The zero-order chi connectivity index (χ0) is 15.6. The summed E-state index contributed by atoms with van der Waals surface area (Å²) in [6.45, 7) is 0. The maximum Gasteiger partial charge on any atom is 0.271 e. The zero-order valence-electron chi connectivity index (χ0n) is 10.1. The monoisotopic (exact) mass is 313 g/mol. The van der Waals surface area contributed by atoms with Gasteiger partial charge in [-0.15, -0.1) is 0 Å². The number of hydrogen-bond donors (Lipinski definition) is 1. The molecule has 2 rings (SSSR count). The molecule has 0 unspecified atom stereocenters. The summed E-state index contributed by atoms with van der Waals surface area (Å²) in [7, 11) is 0. The van der Waals surface area contributed by atoms with Crippen LogP contribution in [0.5, 0.6) is 0 Å². The maximum atomic E-state index is 13.5. The number of halogens is 3. The molecule has 108 valence electrons. The Morgan fingerprint density at radius 2 is 2.05 bits per heavy atom. The van der Waals surface area contributed by atoms with Crippen LogP contribution in [0.25, 0.3) is 0 Å². The number of nitrogens with one attached hydrogen (secondary N) is 1. The van der Waals surface area contributed by atoms with Gasteiger partial charge in [-0.1, -0.05) is 11.6 Å². The lowest BCUT2D eigenvalue weighted by atomic mass is 10.2. The molecule has 2 aromatic rings. The van der Waals surface area contributed by atoms with Crippen LogP contribution in [0.2, 0.25) is 5.15 Å². The highest BCUT2D eigenvalue weighted by atomic mass is 35.5. The molecule has 0 aliphatic carbocycles. The number of carbonyl (C=O) groups is 1. The summed E-state index contributed by atoms with van der Waals surface area (Å²) in [5, 5.41) is 12.4. The maximum absolute atomic E-state index is 13.5. The summed E-state index contributed by atoms with van der Waals surface area (Å²) >= 11 is 5.64. The Bertz CT molecular complexity index is 740. The third-order valence-electron chi connectivity index (χ3n) is 2.46. The summed E-state index contributed by atoms with van der Waals surface area (Å²) < 4.78 is 26.6. The molecule has 0 saturated carbocycles. The molecule has 21 heavy (non-hydrogen) atoms. The molecule has 0 saturated heterocycles. The first-order chi connectivity index (χ1) is 9.88. The minimum Gasteiger partial charge on any atom is -0.319 e. The number of nitro benzene ring substituents is 1. The quantitative estimate of drug-likeness (QED) is 0.536. The number of pyridine rings is 1. The molecule has 0 aliphatic heterocycles. The lowest BCUT2D eigenvalue weighted by Crippen LogP contribution is -2.14. The van der Waals surface area contributed by atoms with Gasteiger partial charge in [0, 0.05) is 12.1 Å². The molecule has 6 nitrogen and oxygen atoms in total. The Morgan fingerprint density at radius 3 is 2.71 bits per heavy atom. The Labute approximate surface area is 121 Å². The van der Waals surface area contributed by atoms with Crippen LogP contribution in [-0.4, -0.2) is 15.8 Å². The van der Waals surface area contributed by atoms with Crippen molar-refractivity contribution in [1.29, 1.82) is 0 Å². The van der Waals surface area contributed by atoms with Crippen LogP contribution >= 0.6 is 11.6 Å². The second-order valence-electron chi connectivity index (χ2n) is 3.87. The van der Waals surface area contributed by atoms with Crippen molar-refractivity contribution in [2.24, 2.45) is 0 Å². The van der Waals surface area contributed by atoms with Gasteiger partial charge in [0.2, 0.25) is 0 Å². The topological polar surface area (TPSA) is 85.1 Å². The SMILES string of the molecule is O=C(Nc1cc([N+](=O)[O-])ccc1F)c1cc(F)cnc1Cl. The Morgan fingerprint density at radius 1 is 1.33 bits per heavy atom. The number of non-ortho nitro benzene ring substituents is 1. The van der Waals surface area contributed by atoms with Crippen molar-refractivity contribution < 1.29 is 18.5 Å². The predicted octanol–water partition coefficient (Wildman–Crippen LogP) is 3.17. The fourth-order valence-corrected chi connectivity index (χ4v) is 1.68. The molecule has 0 spiro atoms. The van der Waals surface area contributed by atoms with E-state index < -0.39 is 33.8 Å². The first kappa shape index (κ1) is 14.8. The normalized spacial score (nSPS) is 10.2. The van der Waals surface area contributed by atoms with E-state index in [4.69, 9.17) is 11.6 Å². The molecular weight excluding hydrogens is 308 g/mol. The minimum absolute atomic E-state index is 0.278. The first-order valence-electron chi connectivity index (χ1n) is 5.45. The molecular formula is C12H6ClF2N3O3. The van der Waals surface area contributed by atoms with E-state index in [2.05, 4.69) is 10.3 Å². The lowest BCUT2D eigenvalue weighted by molar-refractivity contribution is -0.384. The van der Waals surface area contributed by atoms with Gasteiger partial charge in [0.1, 0.15) is 16.8 Å². The molecule has 1 N–H and O–H groups in total. The van der Waals surface area contributed by atoms with Crippen molar-refractivity contribution in [2.45, 2.75) is 0 Å². The van der Waals surface area contributed by atoms with Gasteiger partial charge in [0.15, 0.2) is 0 Å². The number of anilines is 1. The summed E-state index contributed by atoms with van der Waals surface area (Å²) in [5.41, 5.74) is -1.15. The van der Waals surface area contributed by atoms with E-state index in [1.165, 1.54) is 0 Å². The van der Waals surface area contributed by atoms with Crippen molar-refractivity contribution in [3.05, 3.63) is 62.9 Å². The molecule has 1 amide bonds. The van der Waals surface area contributed by atoms with E-state index in [0.29, 0.717) is 0 Å². The number of nitrogens with zero attached hydrogens (tertiary/aromatic N) is 2. The van der Waals surface area contributed by atoms with E-state index in [0.717, 1.165) is 30.5 Å².